The molecule has 1 aliphatic rings. The van der Waals surface area contributed by atoms with Crippen molar-refractivity contribution in [3.63, 3.8) is 0 Å². The lowest BCUT2D eigenvalue weighted by Gasteiger charge is -2.27. The molecular weight excluding hydrogens is 260 g/mol. The molecule has 0 saturated carbocycles. The maximum atomic E-state index is 10.00. The molecule has 1 unspecified atom stereocenters. The van der Waals surface area contributed by atoms with E-state index in [-0.39, 0.29) is 0 Å². The van der Waals surface area contributed by atoms with Gasteiger partial charge >= 0.3 is 0 Å². The molecule has 0 amide bonds. The predicted octanol–water partition coefficient (Wildman–Crippen LogP) is 4.02. The van der Waals surface area contributed by atoms with E-state index >= 15 is 0 Å². The van der Waals surface area contributed by atoms with Crippen molar-refractivity contribution in [2.75, 3.05) is 18.0 Å². The van der Waals surface area contributed by atoms with Gasteiger partial charge in [-0.25, -0.2) is 0 Å². The van der Waals surface area contributed by atoms with Crippen LogP contribution in [0.3, 0.4) is 0 Å². The Bertz CT molecular complexity index is 504. The molecule has 0 spiro atoms. The van der Waals surface area contributed by atoms with Crippen LogP contribution in [-0.4, -0.2) is 18.2 Å². The third-order valence-corrected chi connectivity index (χ3v) is 4.49. The molecule has 1 aromatic rings. The fraction of sp³-hybridized carbons (Fsp3) is 0.611. The molecule has 21 heavy (non-hydrogen) atoms. The lowest BCUT2D eigenvalue weighted by atomic mass is 9.96. The highest BCUT2D eigenvalue weighted by molar-refractivity contribution is 5.58. The van der Waals surface area contributed by atoms with Crippen molar-refractivity contribution in [1.29, 1.82) is 5.26 Å². The number of aliphatic hydroxyl groups excluding tert-OH is 1. The fourth-order valence-electron chi connectivity index (χ4n) is 3.34. The third kappa shape index (κ3) is 3.98. The molecule has 1 fully saturated rings. The predicted molar refractivity (Wildman–Crippen MR) is 86.3 cm³/mol. The van der Waals surface area contributed by atoms with E-state index in [0.717, 1.165) is 30.3 Å². The summed E-state index contributed by atoms with van der Waals surface area (Å²) >= 11 is 0. The van der Waals surface area contributed by atoms with Gasteiger partial charge in [0, 0.05) is 24.3 Å². The van der Waals surface area contributed by atoms with E-state index in [1.807, 2.05) is 12.1 Å². The van der Waals surface area contributed by atoms with Crippen molar-refractivity contribution in [2.45, 2.75) is 52.1 Å². The number of rotatable bonds is 4. The van der Waals surface area contributed by atoms with E-state index in [0.29, 0.717) is 5.56 Å². The van der Waals surface area contributed by atoms with Crippen molar-refractivity contribution in [1.82, 2.24) is 0 Å². The molecule has 3 nitrogen and oxygen atoms in total. The van der Waals surface area contributed by atoms with E-state index in [1.165, 1.54) is 32.1 Å². The summed E-state index contributed by atoms with van der Waals surface area (Å²) in [5, 5.41) is 19.1. The molecule has 3 heteroatoms. The second-order valence-electron chi connectivity index (χ2n) is 6.13. The maximum Gasteiger partial charge on any atom is 0.0992 e. The normalized spacial score (nSPS) is 20.7. The van der Waals surface area contributed by atoms with Crippen LogP contribution >= 0.6 is 0 Å². The van der Waals surface area contributed by atoms with Crippen LogP contribution in [0, 0.1) is 17.2 Å². The summed E-state index contributed by atoms with van der Waals surface area (Å²) in [5.74, 6) is 0.828. The van der Waals surface area contributed by atoms with Crippen molar-refractivity contribution in [3.8, 4) is 6.07 Å². The summed E-state index contributed by atoms with van der Waals surface area (Å²) in [6.45, 7) is 6.10. The highest BCUT2D eigenvalue weighted by atomic mass is 16.3. The molecule has 1 N–H and O–H groups in total. The summed E-state index contributed by atoms with van der Waals surface area (Å²) in [6, 6.07) is 7.83. The van der Waals surface area contributed by atoms with Crippen molar-refractivity contribution in [3.05, 3.63) is 29.3 Å². The minimum absolute atomic E-state index is 0.498. The van der Waals surface area contributed by atoms with E-state index < -0.39 is 6.10 Å². The van der Waals surface area contributed by atoms with Gasteiger partial charge in [0.25, 0.3) is 0 Å². The maximum absolute atomic E-state index is 10.00. The summed E-state index contributed by atoms with van der Waals surface area (Å²) < 4.78 is 0. The number of hydrogen-bond acceptors (Lipinski definition) is 3. The van der Waals surface area contributed by atoms with E-state index in [2.05, 4.69) is 17.9 Å². The summed E-state index contributed by atoms with van der Waals surface area (Å²) in [6.07, 6.45) is 5.78. The summed E-state index contributed by atoms with van der Waals surface area (Å²) in [7, 11) is 0. The second kappa shape index (κ2) is 7.47. The van der Waals surface area contributed by atoms with Crippen LogP contribution in [0.5, 0.6) is 0 Å². The van der Waals surface area contributed by atoms with Gasteiger partial charge in [-0.2, -0.15) is 5.26 Å². The Morgan fingerprint density at radius 1 is 1.38 bits per heavy atom. The molecule has 1 aromatic carbocycles. The zero-order valence-electron chi connectivity index (χ0n) is 13.2. The van der Waals surface area contributed by atoms with Gasteiger partial charge in [-0.05, 0) is 44.2 Å². The Kier molecular flexibility index (Phi) is 5.64. The average molecular weight is 286 g/mol. The molecule has 0 radical (unpaired) electrons. The largest absolute Gasteiger partial charge is 0.389 e. The zero-order valence-corrected chi connectivity index (χ0v) is 13.2. The van der Waals surface area contributed by atoms with Gasteiger partial charge in [0.1, 0.15) is 0 Å². The molecule has 1 aliphatic heterocycles. The molecule has 0 aromatic heterocycles. The van der Waals surface area contributed by atoms with Crippen LogP contribution in [0.15, 0.2) is 18.2 Å². The monoisotopic (exact) mass is 286 g/mol. The first kappa shape index (κ1) is 15.9. The first-order valence-electron chi connectivity index (χ1n) is 8.12. The van der Waals surface area contributed by atoms with E-state index in [4.69, 9.17) is 5.26 Å². The molecule has 2 atom stereocenters. The van der Waals surface area contributed by atoms with Crippen LogP contribution in [0.1, 0.15) is 63.2 Å². The number of nitrogens with zero attached hydrogens (tertiary/aromatic N) is 2. The topological polar surface area (TPSA) is 47.3 Å². The average Bonchev–Trinajstić information content (AvgIpc) is 2.72. The summed E-state index contributed by atoms with van der Waals surface area (Å²) in [4.78, 5) is 2.36. The number of benzene rings is 1. The Labute approximate surface area is 128 Å². The van der Waals surface area contributed by atoms with Crippen LogP contribution in [-0.2, 0) is 0 Å². The van der Waals surface area contributed by atoms with Gasteiger partial charge in [-0.1, -0.05) is 25.8 Å². The quantitative estimate of drug-likeness (QED) is 0.909. The third-order valence-electron chi connectivity index (χ3n) is 4.49. The minimum Gasteiger partial charge on any atom is -0.389 e. The number of aliphatic hydroxyl groups is 1. The number of hydrogen-bond donors (Lipinski definition) is 1. The first-order chi connectivity index (χ1) is 10.2. The molecule has 1 saturated heterocycles. The Morgan fingerprint density at radius 3 is 2.86 bits per heavy atom. The lowest BCUT2D eigenvalue weighted by Crippen LogP contribution is -2.26. The Balaban J connectivity index is 2.22. The highest BCUT2D eigenvalue weighted by Crippen LogP contribution is 2.31. The van der Waals surface area contributed by atoms with Gasteiger partial charge < -0.3 is 10.0 Å². The van der Waals surface area contributed by atoms with E-state index in [1.54, 1.807) is 13.0 Å². The van der Waals surface area contributed by atoms with Crippen LogP contribution in [0.4, 0.5) is 5.69 Å². The zero-order chi connectivity index (χ0) is 15.2. The molecule has 1 heterocycles. The van der Waals surface area contributed by atoms with Crippen molar-refractivity contribution >= 4 is 5.69 Å². The van der Waals surface area contributed by atoms with E-state index in [9.17, 15) is 5.11 Å². The molecule has 0 aliphatic carbocycles. The first-order valence-corrected chi connectivity index (χ1v) is 8.12. The fourth-order valence-corrected chi connectivity index (χ4v) is 3.34. The molecule has 2 rings (SSSR count). The van der Waals surface area contributed by atoms with Crippen LogP contribution < -0.4 is 4.90 Å². The minimum atomic E-state index is -0.498. The van der Waals surface area contributed by atoms with Gasteiger partial charge in [0.05, 0.1) is 17.7 Å². The Morgan fingerprint density at radius 2 is 2.19 bits per heavy atom. The molecule has 114 valence electrons. The smallest absolute Gasteiger partial charge is 0.0992 e. The lowest BCUT2D eigenvalue weighted by molar-refractivity contribution is 0.199. The van der Waals surface area contributed by atoms with Gasteiger partial charge in [0.2, 0.25) is 0 Å². The van der Waals surface area contributed by atoms with Gasteiger partial charge in [-0.15, -0.1) is 0 Å². The van der Waals surface area contributed by atoms with Crippen LogP contribution in [0.25, 0.3) is 0 Å². The Hall–Kier alpha value is -1.53. The number of nitriles is 1. The molecular formula is C18H26N2O. The highest BCUT2D eigenvalue weighted by Gasteiger charge is 2.20. The molecule has 0 bridgehead atoms. The SMILES string of the molecule is CCCC1CCCN(c2cc(C#N)ccc2[C@@H](C)O)CC1. The standard InChI is InChI=1S/C18H26N2O/c1-3-5-15-6-4-10-20(11-9-15)18-12-16(13-19)7-8-17(18)14(2)21/h7-8,12,14-15,21H,3-6,9-11H2,1-2H3/t14-,15?/m1/s1. The second-order valence-corrected chi connectivity index (χ2v) is 6.13. The summed E-state index contributed by atoms with van der Waals surface area (Å²) in [5.41, 5.74) is 2.65. The van der Waals surface area contributed by atoms with Crippen molar-refractivity contribution in [2.24, 2.45) is 5.92 Å². The number of anilines is 1. The van der Waals surface area contributed by atoms with Gasteiger partial charge in [0.15, 0.2) is 0 Å². The van der Waals surface area contributed by atoms with Gasteiger partial charge in [-0.3, -0.25) is 0 Å². The van der Waals surface area contributed by atoms with Crippen molar-refractivity contribution < 1.29 is 5.11 Å². The van der Waals surface area contributed by atoms with Crippen LogP contribution in [0.2, 0.25) is 0 Å².